The molecule has 1 rings (SSSR count). The van der Waals surface area contributed by atoms with Gasteiger partial charge in [0.2, 0.25) is 5.13 Å². The monoisotopic (exact) mass is 256 g/mol. The summed E-state index contributed by atoms with van der Waals surface area (Å²) in [7, 11) is 0. The van der Waals surface area contributed by atoms with Crippen molar-refractivity contribution in [2.24, 2.45) is 0 Å². The minimum absolute atomic E-state index is 0.344. The van der Waals surface area contributed by atoms with Crippen molar-refractivity contribution in [1.29, 1.82) is 0 Å². The molecule has 1 aromatic heterocycles. The average Bonchev–Trinajstić information content (AvgIpc) is 2.80. The predicted molar refractivity (Wildman–Crippen MR) is 65.7 cm³/mol. The second-order valence-corrected chi connectivity index (χ2v) is 4.32. The number of anilines is 1. The molecule has 7 heteroatoms. The number of rotatable bonds is 5. The topological polar surface area (TPSA) is 75.2 Å². The van der Waals surface area contributed by atoms with Gasteiger partial charge in [-0.3, -0.25) is 14.9 Å². The van der Waals surface area contributed by atoms with Gasteiger partial charge in [-0.2, -0.15) is 0 Å². The lowest BCUT2D eigenvalue weighted by Gasteiger charge is -2.20. The molecule has 6 nitrogen and oxygen atoms in total. The molecule has 0 bridgehead atoms. The van der Waals surface area contributed by atoms with E-state index in [1.165, 1.54) is 16.8 Å². The third-order valence-corrected chi connectivity index (χ3v) is 2.66. The molecular weight excluding hydrogens is 240 g/mol. The van der Waals surface area contributed by atoms with Crippen LogP contribution in [0.3, 0.4) is 0 Å². The van der Waals surface area contributed by atoms with Gasteiger partial charge in [-0.1, -0.05) is 25.2 Å². The van der Waals surface area contributed by atoms with Crippen LogP contribution in [0.5, 0.6) is 0 Å². The highest BCUT2D eigenvalue weighted by Crippen LogP contribution is 2.08. The first-order chi connectivity index (χ1) is 8.19. The van der Waals surface area contributed by atoms with Crippen LogP contribution in [0.25, 0.3) is 0 Å². The maximum atomic E-state index is 11.8. The third kappa shape index (κ3) is 4.10. The van der Waals surface area contributed by atoms with Crippen LogP contribution in [0.2, 0.25) is 0 Å². The molecule has 94 valence electrons. The average molecular weight is 256 g/mol. The highest BCUT2D eigenvalue weighted by molar-refractivity contribution is 7.13. The van der Waals surface area contributed by atoms with Crippen LogP contribution in [-0.4, -0.2) is 40.0 Å². The van der Waals surface area contributed by atoms with Crippen LogP contribution < -0.4 is 5.32 Å². The first kappa shape index (κ1) is 13.6. The van der Waals surface area contributed by atoms with E-state index in [0.29, 0.717) is 18.2 Å². The van der Waals surface area contributed by atoms with E-state index in [1.54, 1.807) is 4.90 Å². The van der Waals surface area contributed by atoms with Gasteiger partial charge in [-0.15, -0.1) is 10.2 Å². The molecule has 0 aliphatic carbocycles. The quantitative estimate of drug-likeness (QED) is 0.801. The molecular formula is C10H16N4O2S. The Morgan fingerprint density at radius 1 is 1.35 bits per heavy atom. The molecule has 1 heterocycles. The van der Waals surface area contributed by atoms with E-state index < -0.39 is 11.8 Å². The van der Waals surface area contributed by atoms with Crippen molar-refractivity contribution in [3.63, 3.8) is 0 Å². The number of aromatic nitrogens is 2. The zero-order valence-electron chi connectivity index (χ0n) is 9.97. The minimum Gasteiger partial charge on any atom is -0.334 e. The molecule has 0 saturated carbocycles. The molecule has 0 spiro atoms. The molecule has 0 aliphatic rings. The molecule has 0 unspecified atom stereocenters. The summed E-state index contributed by atoms with van der Waals surface area (Å²) >= 11 is 1.18. The summed E-state index contributed by atoms with van der Waals surface area (Å²) in [5.74, 6) is -1.16. The molecule has 0 aliphatic heterocycles. The fraction of sp³-hybridized carbons (Fsp3) is 0.600. The standard InChI is InChI=1S/C10H16N4O2S/c1-3-5-14(6-4-2)9(16)8(15)12-10-13-11-7-17-10/h7H,3-6H2,1-2H3,(H,12,13,15). The van der Waals surface area contributed by atoms with Crippen LogP contribution in [0.4, 0.5) is 5.13 Å². The third-order valence-electron chi connectivity index (χ3n) is 2.05. The van der Waals surface area contributed by atoms with Gasteiger partial charge >= 0.3 is 11.8 Å². The summed E-state index contributed by atoms with van der Waals surface area (Å²) in [6.45, 7) is 5.13. The molecule has 2 amide bonds. The smallest absolute Gasteiger partial charge is 0.315 e. The van der Waals surface area contributed by atoms with E-state index in [4.69, 9.17) is 0 Å². The Hall–Kier alpha value is -1.50. The van der Waals surface area contributed by atoms with E-state index in [0.717, 1.165) is 12.8 Å². The summed E-state index contributed by atoms with van der Waals surface area (Å²) in [4.78, 5) is 25.0. The first-order valence-electron chi connectivity index (χ1n) is 5.55. The van der Waals surface area contributed by atoms with E-state index in [-0.39, 0.29) is 0 Å². The Morgan fingerprint density at radius 3 is 2.47 bits per heavy atom. The number of carbonyl (C=O) groups is 2. The zero-order valence-corrected chi connectivity index (χ0v) is 10.8. The molecule has 1 aromatic rings. The lowest BCUT2D eigenvalue weighted by Crippen LogP contribution is -2.40. The lowest BCUT2D eigenvalue weighted by molar-refractivity contribution is -0.143. The van der Waals surface area contributed by atoms with Gasteiger partial charge in [0, 0.05) is 13.1 Å². The van der Waals surface area contributed by atoms with Gasteiger partial charge in [-0.05, 0) is 12.8 Å². The predicted octanol–water partition coefficient (Wildman–Crippen LogP) is 1.13. The van der Waals surface area contributed by atoms with Crippen LogP contribution in [-0.2, 0) is 9.59 Å². The summed E-state index contributed by atoms with van der Waals surface area (Å²) < 4.78 is 0. The molecule has 0 atom stereocenters. The second kappa shape index (κ2) is 6.95. The van der Waals surface area contributed by atoms with Gasteiger partial charge < -0.3 is 4.90 Å². The van der Waals surface area contributed by atoms with Gasteiger partial charge in [-0.25, -0.2) is 0 Å². The summed E-state index contributed by atoms with van der Waals surface area (Å²) in [6, 6.07) is 0. The fourth-order valence-electron chi connectivity index (χ4n) is 1.38. The number of amides is 2. The normalized spacial score (nSPS) is 10.0. The molecule has 17 heavy (non-hydrogen) atoms. The van der Waals surface area contributed by atoms with Gasteiger partial charge in [0.05, 0.1) is 0 Å². The van der Waals surface area contributed by atoms with E-state index >= 15 is 0 Å². The second-order valence-electron chi connectivity index (χ2n) is 3.49. The fourth-order valence-corrected chi connectivity index (χ4v) is 1.82. The lowest BCUT2D eigenvalue weighted by atomic mass is 10.3. The van der Waals surface area contributed by atoms with Gasteiger partial charge in [0.1, 0.15) is 5.51 Å². The van der Waals surface area contributed by atoms with E-state index in [2.05, 4.69) is 15.5 Å². The van der Waals surface area contributed by atoms with Crippen molar-refractivity contribution in [1.82, 2.24) is 15.1 Å². The van der Waals surface area contributed by atoms with Crippen molar-refractivity contribution >= 4 is 28.3 Å². The molecule has 0 saturated heterocycles. The van der Waals surface area contributed by atoms with Crippen molar-refractivity contribution in [3.05, 3.63) is 5.51 Å². The van der Waals surface area contributed by atoms with Gasteiger partial charge in [0.25, 0.3) is 0 Å². The molecule has 0 aromatic carbocycles. The minimum atomic E-state index is -0.649. The van der Waals surface area contributed by atoms with Crippen molar-refractivity contribution in [2.45, 2.75) is 26.7 Å². The number of nitrogens with zero attached hydrogens (tertiary/aromatic N) is 3. The largest absolute Gasteiger partial charge is 0.334 e. The first-order valence-corrected chi connectivity index (χ1v) is 6.43. The molecule has 0 radical (unpaired) electrons. The SMILES string of the molecule is CCCN(CCC)C(=O)C(=O)Nc1nncs1. The highest BCUT2D eigenvalue weighted by Gasteiger charge is 2.21. The van der Waals surface area contributed by atoms with Crippen LogP contribution in [0, 0.1) is 0 Å². The number of hydrogen-bond acceptors (Lipinski definition) is 5. The van der Waals surface area contributed by atoms with Crippen LogP contribution in [0.15, 0.2) is 5.51 Å². The Kier molecular flexibility index (Phi) is 5.55. The number of carbonyl (C=O) groups excluding carboxylic acids is 2. The van der Waals surface area contributed by atoms with Gasteiger partial charge in [0.15, 0.2) is 0 Å². The van der Waals surface area contributed by atoms with E-state index in [1.807, 2.05) is 13.8 Å². The summed E-state index contributed by atoms with van der Waals surface area (Å²) in [6.07, 6.45) is 1.66. The van der Waals surface area contributed by atoms with Crippen LogP contribution in [0.1, 0.15) is 26.7 Å². The highest BCUT2D eigenvalue weighted by atomic mass is 32.1. The zero-order chi connectivity index (χ0) is 12.7. The van der Waals surface area contributed by atoms with Crippen molar-refractivity contribution in [2.75, 3.05) is 18.4 Å². The van der Waals surface area contributed by atoms with E-state index in [9.17, 15) is 9.59 Å². The Balaban J connectivity index is 2.57. The maximum Gasteiger partial charge on any atom is 0.315 e. The number of nitrogens with one attached hydrogen (secondary N) is 1. The van der Waals surface area contributed by atoms with Crippen LogP contribution >= 0.6 is 11.3 Å². The Morgan fingerprint density at radius 2 is 2.00 bits per heavy atom. The molecule has 1 N–H and O–H groups in total. The Labute approximate surface area is 104 Å². The van der Waals surface area contributed by atoms with Crippen molar-refractivity contribution in [3.8, 4) is 0 Å². The number of hydrogen-bond donors (Lipinski definition) is 1. The summed E-state index contributed by atoms with van der Waals surface area (Å²) in [5, 5.41) is 10.0. The van der Waals surface area contributed by atoms with Crippen molar-refractivity contribution < 1.29 is 9.59 Å². The Bertz CT molecular complexity index is 360. The summed E-state index contributed by atoms with van der Waals surface area (Å²) in [5.41, 5.74) is 1.50. The maximum absolute atomic E-state index is 11.8. The molecule has 0 fully saturated rings.